The molecule has 81 heavy (non-hydrogen) atoms. The van der Waals surface area contributed by atoms with E-state index in [0.29, 0.717) is 13.0 Å². The molecule has 2 saturated heterocycles. The van der Waals surface area contributed by atoms with E-state index in [0.717, 1.165) is 38.5 Å². The number of hydrogen-bond donors (Lipinski definition) is 7. The maximum absolute atomic E-state index is 13.1. The van der Waals surface area contributed by atoms with Crippen molar-refractivity contribution in [3.05, 3.63) is 24.3 Å². The normalized spacial score (nSPS) is 23.8. The van der Waals surface area contributed by atoms with Gasteiger partial charge in [-0.3, -0.25) is 4.79 Å². The van der Waals surface area contributed by atoms with E-state index in [-0.39, 0.29) is 25.6 Å². The summed E-state index contributed by atoms with van der Waals surface area (Å²) in [6, 6.07) is 0. The molecule has 478 valence electrons. The first-order valence-electron chi connectivity index (χ1n) is 33.9. The number of carbonyl (C=O) groups excluding carboxylic acids is 1. The van der Waals surface area contributed by atoms with Crippen LogP contribution in [0.25, 0.3) is 0 Å². The van der Waals surface area contributed by atoms with Crippen molar-refractivity contribution in [1.82, 2.24) is 0 Å². The van der Waals surface area contributed by atoms with Crippen molar-refractivity contribution in [3.63, 3.8) is 0 Å². The van der Waals surface area contributed by atoms with E-state index in [1.165, 1.54) is 231 Å². The summed E-state index contributed by atoms with van der Waals surface area (Å²) >= 11 is 0. The standard InChI is InChI=1S/C67H126O14/c1-3-5-7-9-11-13-15-17-19-21-23-25-26-27-28-29-31-33-35-37-39-41-43-45-47-49-51-76-53-56(54-77-66-65(75)63(73)61(71)58(81-66)55-78-67-64(74)62(72)60(70)57(52-68)80-67)79-59(69)50-48-46-44-42-40-38-36-34-32-30-24-22-20-18-16-14-12-10-8-6-4-2/h21-24,56-58,60-68,70-75H,3-20,25-55H2,1-2H3/b23-21-,24-22-. The summed E-state index contributed by atoms with van der Waals surface area (Å²) in [6.07, 6.45) is 48.2. The van der Waals surface area contributed by atoms with Crippen LogP contribution in [0.15, 0.2) is 24.3 Å². The number of unbranched alkanes of at least 4 members (excludes halogenated alkanes) is 39. The van der Waals surface area contributed by atoms with Gasteiger partial charge in [0.15, 0.2) is 12.6 Å². The van der Waals surface area contributed by atoms with Crippen LogP contribution in [0.3, 0.4) is 0 Å². The zero-order valence-electron chi connectivity index (χ0n) is 51.8. The van der Waals surface area contributed by atoms with E-state index in [9.17, 15) is 40.5 Å². The summed E-state index contributed by atoms with van der Waals surface area (Å²) in [5.41, 5.74) is 0. The molecule has 2 aliphatic rings. The van der Waals surface area contributed by atoms with Gasteiger partial charge in [0.1, 0.15) is 54.9 Å². The fraction of sp³-hybridized carbons (Fsp3) is 0.925. The second-order valence-electron chi connectivity index (χ2n) is 24.0. The first kappa shape index (κ1) is 75.6. The molecule has 0 radical (unpaired) electrons. The lowest BCUT2D eigenvalue weighted by Crippen LogP contribution is -2.61. The van der Waals surface area contributed by atoms with Crippen LogP contribution in [0.5, 0.6) is 0 Å². The molecule has 0 saturated carbocycles. The van der Waals surface area contributed by atoms with Gasteiger partial charge in [-0.1, -0.05) is 250 Å². The largest absolute Gasteiger partial charge is 0.457 e. The second kappa shape index (κ2) is 53.9. The van der Waals surface area contributed by atoms with Crippen molar-refractivity contribution >= 4 is 5.97 Å². The van der Waals surface area contributed by atoms with E-state index < -0.39 is 80.7 Å². The second-order valence-corrected chi connectivity index (χ2v) is 24.0. The Hall–Kier alpha value is -1.53. The van der Waals surface area contributed by atoms with Crippen molar-refractivity contribution < 1.29 is 69.0 Å². The van der Waals surface area contributed by atoms with E-state index >= 15 is 0 Å². The van der Waals surface area contributed by atoms with Gasteiger partial charge in [0, 0.05) is 13.0 Å². The lowest BCUT2D eigenvalue weighted by atomic mass is 9.98. The molecule has 2 heterocycles. The van der Waals surface area contributed by atoms with Gasteiger partial charge in [0.25, 0.3) is 0 Å². The monoisotopic (exact) mass is 1150 g/mol. The van der Waals surface area contributed by atoms with Crippen molar-refractivity contribution in [1.29, 1.82) is 0 Å². The molecule has 0 aromatic carbocycles. The highest BCUT2D eigenvalue weighted by Gasteiger charge is 2.47. The molecule has 0 aliphatic carbocycles. The van der Waals surface area contributed by atoms with Crippen LogP contribution in [0.2, 0.25) is 0 Å². The number of carbonyl (C=O) groups is 1. The quantitative estimate of drug-likeness (QED) is 0.0171. The summed E-state index contributed by atoms with van der Waals surface area (Å²) in [6.45, 7) is 3.75. The summed E-state index contributed by atoms with van der Waals surface area (Å²) in [5, 5.41) is 72.6. The third kappa shape index (κ3) is 39.7. The average molecular weight is 1160 g/mol. The Morgan fingerprint density at radius 1 is 0.395 bits per heavy atom. The van der Waals surface area contributed by atoms with Crippen molar-refractivity contribution in [3.8, 4) is 0 Å². The zero-order valence-corrected chi connectivity index (χ0v) is 51.8. The molecule has 14 nitrogen and oxygen atoms in total. The van der Waals surface area contributed by atoms with Gasteiger partial charge in [-0.05, 0) is 64.2 Å². The molecule has 0 aromatic rings. The van der Waals surface area contributed by atoms with Crippen LogP contribution >= 0.6 is 0 Å². The first-order chi connectivity index (χ1) is 39.6. The topological polar surface area (TPSA) is 214 Å². The predicted octanol–water partition coefficient (Wildman–Crippen LogP) is 13.9. The Balaban J connectivity index is 1.64. The molecule has 7 N–H and O–H groups in total. The lowest BCUT2D eigenvalue weighted by Gasteiger charge is -2.42. The Morgan fingerprint density at radius 3 is 1.12 bits per heavy atom. The first-order valence-corrected chi connectivity index (χ1v) is 33.9. The molecule has 2 rings (SSSR count). The Labute approximate surface area is 494 Å². The van der Waals surface area contributed by atoms with Crippen molar-refractivity contribution in [2.24, 2.45) is 0 Å². The minimum Gasteiger partial charge on any atom is -0.457 e. The molecule has 0 aromatic heterocycles. The molecule has 11 atom stereocenters. The van der Waals surface area contributed by atoms with Crippen LogP contribution in [0.1, 0.15) is 296 Å². The third-order valence-electron chi connectivity index (χ3n) is 16.4. The Bertz CT molecular complexity index is 1430. The minimum absolute atomic E-state index is 0.0652. The summed E-state index contributed by atoms with van der Waals surface area (Å²) < 4.78 is 34.5. The van der Waals surface area contributed by atoms with Gasteiger partial charge < -0.3 is 64.2 Å². The van der Waals surface area contributed by atoms with E-state index in [2.05, 4.69) is 38.2 Å². The fourth-order valence-corrected chi connectivity index (χ4v) is 11.0. The molecular weight excluding hydrogens is 1030 g/mol. The average Bonchev–Trinajstić information content (AvgIpc) is 3.60. The van der Waals surface area contributed by atoms with Gasteiger partial charge in [-0.15, -0.1) is 0 Å². The number of aliphatic hydroxyl groups excluding tert-OH is 7. The highest BCUT2D eigenvalue weighted by atomic mass is 16.7. The van der Waals surface area contributed by atoms with Crippen molar-refractivity contribution in [2.75, 3.05) is 33.0 Å². The zero-order chi connectivity index (χ0) is 58.6. The summed E-state index contributed by atoms with van der Waals surface area (Å²) in [7, 11) is 0. The number of allylic oxidation sites excluding steroid dienone is 4. The molecule has 0 amide bonds. The number of aliphatic hydroxyl groups is 7. The van der Waals surface area contributed by atoms with E-state index in [1.807, 2.05) is 0 Å². The van der Waals surface area contributed by atoms with E-state index in [1.54, 1.807) is 0 Å². The smallest absolute Gasteiger partial charge is 0.306 e. The fourth-order valence-electron chi connectivity index (χ4n) is 11.0. The Morgan fingerprint density at radius 2 is 0.728 bits per heavy atom. The van der Waals surface area contributed by atoms with Crippen LogP contribution in [0.4, 0.5) is 0 Å². The van der Waals surface area contributed by atoms with Crippen LogP contribution in [-0.2, 0) is 33.2 Å². The summed E-state index contributed by atoms with van der Waals surface area (Å²) in [5.74, 6) is -0.372. The third-order valence-corrected chi connectivity index (χ3v) is 16.4. The number of hydrogen-bond acceptors (Lipinski definition) is 14. The maximum Gasteiger partial charge on any atom is 0.306 e. The highest BCUT2D eigenvalue weighted by Crippen LogP contribution is 2.27. The van der Waals surface area contributed by atoms with Crippen molar-refractivity contribution in [2.45, 2.75) is 364 Å². The lowest BCUT2D eigenvalue weighted by molar-refractivity contribution is -0.332. The number of ether oxygens (including phenoxy) is 6. The molecular formula is C67H126O14. The van der Waals surface area contributed by atoms with Gasteiger partial charge in [-0.25, -0.2) is 0 Å². The van der Waals surface area contributed by atoms with E-state index in [4.69, 9.17) is 28.4 Å². The molecule has 2 fully saturated rings. The van der Waals surface area contributed by atoms with Crippen LogP contribution in [-0.4, -0.2) is 142 Å². The predicted molar refractivity (Wildman–Crippen MR) is 326 cm³/mol. The van der Waals surface area contributed by atoms with Gasteiger partial charge in [0.05, 0.1) is 26.4 Å². The molecule has 0 spiro atoms. The maximum atomic E-state index is 13.1. The van der Waals surface area contributed by atoms with Gasteiger partial charge in [0.2, 0.25) is 0 Å². The summed E-state index contributed by atoms with van der Waals surface area (Å²) in [4.78, 5) is 13.1. The minimum atomic E-state index is -1.71. The molecule has 14 heteroatoms. The van der Waals surface area contributed by atoms with Gasteiger partial charge >= 0.3 is 5.97 Å². The van der Waals surface area contributed by atoms with Gasteiger partial charge in [-0.2, -0.15) is 0 Å². The Kier molecular flexibility index (Phi) is 50.3. The number of rotatable bonds is 57. The SMILES string of the molecule is CCCCCCCCCC/C=C\CCCCCCCCCCCCCCCCOCC(COC1OC(COC2OC(CO)C(O)C(O)C2O)C(O)C(O)C1O)OC(=O)CCCCCCCCCCC/C=C\CCCCCCCCCC. The van der Waals surface area contributed by atoms with Crippen LogP contribution < -0.4 is 0 Å². The molecule has 2 aliphatic heterocycles. The molecule has 0 bridgehead atoms. The number of esters is 1. The molecule has 11 unspecified atom stereocenters. The highest BCUT2D eigenvalue weighted by molar-refractivity contribution is 5.69. The van der Waals surface area contributed by atoms with Crippen LogP contribution in [0, 0.1) is 0 Å².